The molecule has 0 radical (unpaired) electrons. The molecule has 0 bridgehead atoms. The first-order chi connectivity index (χ1) is 19.8. The van der Waals surface area contributed by atoms with Gasteiger partial charge in [0, 0.05) is 18.5 Å². The maximum atomic E-state index is 14.7. The van der Waals surface area contributed by atoms with Crippen LogP contribution in [0.25, 0.3) is 16.8 Å². The number of hydrogen-bond acceptors (Lipinski definition) is 6. The highest BCUT2D eigenvalue weighted by Gasteiger charge is 2.42. The van der Waals surface area contributed by atoms with E-state index in [1.54, 1.807) is 0 Å². The standard InChI is InChI=1S/C24H20F10N6O3/c1-10(22(26,27)28)4-18(41)39-7-14(25)15(8-39)38-21(42)12-5-11(2-3-17(12)43-24(32,33)34)16-6-13(23(29,30)31)19-20(35)36-9-37-40(16)19/h2-3,5-6,9-10,14-15H,4,7-8H2,1H3,(H,38,42)(H2,35,36,37)/t10?,14-,15+/m0/s1. The molecule has 0 aliphatic carbocycles. The number of benzene rings is 1. The Bertz CT molecular complexity index is 1530. The van der Waals surface area contributed by atoms with Gasteiger partial charge in [0.1, 0.15) is 23.8 Å². The number of carbonyl (C=O) groups is 2. The summed E-state index contributed by atoms with van der Waals surface area (Å²) in [6, 6.07) is 1.34. The van der Waals surface area contributed by atoms with E-state index >= 15 is 0 Å². The van der Waals surface area contributed by atoms with Crippen molar-refractivity contribution >= 4 is 23.1 Å². The molecule has 19 heteroatoms. The van der Waals surface area contributed by atoms with Gasteiger partial charge in [-0.3, -0.25) is 9.59 Å². The van der Waals surface area contributed by atoms with Crippen molar-refractivity contribution in [1.29, 1.82) is 0 Å². The van der Waals surface area contributed by atoms with Gasteiger partial charge in [0.25, 0.3) is 5.91 Å². The number of carbonyl (C=O) groups excluding carboxylic acids is 2. The van der Waals surface area contributed by atoms with Crippen molar-refractivity contribution in [3.8, 4) is 17.0 Å². The first-order valence-corrected chi connectivity index (χ1v) is 12.1. The highest BCUT2D eigenvalue weighted by molar-refractivity contribution is 5.98. The number of anilines is 1. The van der Waals surface area contributed by atoms with Crippen LogP contribution in [0, 0.1) is 5.92 Å². The minimum atomic E-state index is -5.32. The predicted molar refractivity (Wildman–Crippen MR) is 127 cm³/mol. The largest absolute Gasteiger partial charge is 0.573 e. The highest BCUT2D eigenvalue weighted by Crippen LogP contribution is 2.40. The summed E-state index contributed by atoms with van der Waals surface area (Å²) in [5, 5.41) is 5.80. The van der Waals surface area contributed by atoms with Crippen LogP contribution in [-0.4, -0.2) is 69.2 Å². The number of rotatable bonds is 6. The Morgan fingerprint density at radius 1 is 1.09 bits per heavy atom. The molecule has 4 rings (SSSR count). The number of nitrogens with zero attached hydrogens (tertiary/aromatic N) is 4. The summed E-state index contributed by atoms with van der Waals surface area (Å²) >= 11 is 0. The van der Waals surface area contributed by atoms with E-state index < -0.39 is 96.4 Å². The molecule has 3 aromatic rings. The lowest BCUT2D eigenvalue weighted by Crippen LogP contribution is -2.42. The topological polar surface area (TPSA) is 115 Å². The fourth-order valence-electron chi connectivity index (χ4n) is 4.43. The number of nitrogen functional groups attached to an aromatic ring is 1. The maximum absolute atomic E-state index is 14.7. The number of ether oxygens (including phenoxy) is 1. The van der Waals surface area contributed by atoms with Crippen LogP contribution in [0.2, 0.25) is 0 Å². The van der Waals surface area contributed by atoms with Gasteiger partial charge < -0.3 is 20.7 Å². The van der Waals surface area contributed by atoms with E-state index in [-0.39, 0.29) is 11.3 Å². The van der Waals surface area contributed by atoms with Crippen molar-refractivity contribution in [2.75, 3.05) is 18.8 Å². The zero-order chi connectivity index (χ0) is 32.1. The summed E-state index contributed by atoms with van der Waals surface area (Å²) in [7, 11) is 0. The average molecular weight is 630 g/mol. The molecule has 3 atom stereocenters. The van der Waals surface area contributed by atoms with Crippen LogP contribution in [0.4, 0.5) is 49.7 Å². The molecular formula is C24H20F10N6O3. The number of hydrogen-bond donors (Lipinski definition) is 2. The monoisotopic (exact) mass is 630 g/mol. The Morgan fingerprint density at radius 3 is 2.37 bits per heavy atom. The lowest BCUT2D eigenvalue weighted by molar-refractivity contribution is -0.274. The van der Waals surface area contributed by atoms with Crippen LogP contribution in [-0.2, 0) is 11.0 Å². The van der Waals surface area contributed by atoms with Gasteiger partial charge in [-0.05, 0) is 24.3 Å². The van der Waals surface area contributed by atoms with Gasteiger partial charge in [0.05, 0.1) is 35.3 Å². The Labute approximate surface area is 234 Å². The number of fused-ring (bicyclic) bond motifs is 1. The Kier molecular flexibility index (Phi) is 8.14. The van der Waals surface area contributed by atoms with Crippen molar-refractivity contribution in [1.82, 2.24) is 24.8 Å². The third kappa shape index (κ3) is 6.85. The third-order valence-electron chi connectivity index (χ3n) is 6.59. The normalized spacial score (nSPS) is 18.6. The number of nitrogens with two attached hydrogens (primary N) is 1. The summed E-state index contributed by atoms with van der Waals surface area (Å²) in [6.45, 7) is -0.542. The van der Waals surface area contributed by atoms with Crippen molar-refractivity contribution in [2.24, 2.45) is 5.92 Å². The molecule has 3 heterocycles. The summed E-state index contributed by atoms with van der Waals surface area (Å²) in [6.07, 6.45) is -17.2. The molecule has 1 fully saturated rings. The summed E-state index contributed by atoms with van der Waals surface area (Å²) < 4.78 is 138. The Morgan fingerprint density at radius 2 is 1.77 bits per heavy atom. The van der Waals surface area contributed by atoms with E-state index in [0.717, 1.165) is 30.3 Å². The molecule has 1 aliphatic heterocycles. The number of aromatic nitrogens is 3. The zero-order valence-electron chi connectivity index (χ0n) is 21.6. The zero-order valence-corrected chi connectivity index (χ0v) is 21.6. The van der Waals surface area contributed by atoms with Gasteiger partial charge >= 0.3 is 18.7 Å². The minimum Gasteiger partial charge on any atom is -0.405 e. The summed E-state index contributed by atoms with van der Waals surface area (Å²) in [4.78, 5) is 29.6. The first kappa shape index (κ1) is 31.6. The van der Waals surface area contributed by atoms with Crippen molar-refractivity contribution in [3.63, 3.8) is 0 Å². The SMILES string of the molecule is CC(CC(=O)N1C[C@H](F)[C@H](NC(=O)c2cc(-c3cc(C(F)(F)F)c4c(N)ncnn34)ccc2OC(F)(F)F)C1)C(F)(F)F. The molecule has 1 unspecified atom stereocenters. The number of amides is 2. The molecule has 2 aromatic heterocycles. The van der Waals surface area contributed by atoms with E-state index in [1.165, 1.54) is 0 Å². The van der Waals surface area contributed by atoms with Crippen LogP contribution in [0.5, 0.6) is 5.75 Å². The molecular weight excluding hydrogens is 610 g/mol. The van der Waals surface area contributed by atoms with E-state index in [4.69, 9.17) is 5.73 Å². The molecule has 1 aromatic carbocycles. The van der Waals surface area contributed by atoms with Crippen molar-refractivity contribution in [2.45, 2.75) is 44.3 Å². The van der Waals surface area contributed by atoms with Gasteiger partial charge in [-0.15, -0.1) is 13.2 Å². The molecule has 234 valence electrons. The van der Waals surface area contributed by atoms with E-state index in [2.05, 4.69) is 20.1 Å². The van der Waals surface area contributed by atoms with Gasteiger partial charge in [-0.2, -0.15) is 31.4 Å². The van der Waals surface area contributed by atoms with Gasteiger partial charge in [0.15, 0.2) is 5.82 Å². The molecule has 0 spiro atoms. The van der Waals surface area contributed by atoms with Crippen LogP contribution in [0.15, 0.2) is 30.6 Å². The molecule has 1 saturated heterocycles. The van der Waals surface area contributed by atoms with Crippen LogP contribution in [0.1, 0.15) is 29.3 Å². The average Bonchev–Trinajstić information content (AvgIpc) is 3.44. The Hall–Kier alpha value is -4.32. The fourth-order valence-corrected chi connectivity index (χ4v) is 4.43. The first-order valence-electron chi connectivity index (χ1n) is 12.1. The molecule has 9 nitrogen and oxygen atoms in total. The minimum absolute atomic E-state index is 0.260. The smallest absolute Gasteiger partial charge is 0.405 e. The van der Waals surface area contributed by atoms with Crippen molar-refractivity contribution < 1.29 is 58.2 Å². The van der Waals surface area contributed by atoms with Gasteiger partial charge in [-0.1, -0.05) is 6.92 Å². The highest BCUT2D eigenvalue weighted by atomic mass is 19.4. The fraction of sp³-hybridized carbons (Fsp3) is 0.417. The number of halogens is 10. The number of likely N-dealkylation sites (tertiary alicyclic amines) is 1. The maximum Gasteiger partial charge on any atom is 0.573 e. The van der Waals surface area contributed by atoms with E-state index in [1.807, 2.05) is 0 Å². The summed E-state index contributed by atoms with van der Waals surface area (Å²) in [5.41, 5.74) is 2.15. The predicted octanol–water partition coefficient (Wildman–Crippen LogP) is 4.76. The number of nitrogens with one attached hydrogen (secondary N) is 1. The number of alkyl halides is 10. The second kappa shape index (κ2) is 11.1. The van der Waals surface area contributed by atoms with Crippen LogP contribution in [0.3, 0.4) is 0 Å². The van der Waals surface area contributed by atoms with Gasteiger partial charge in [-0.25, -0.2) is 13.9 Å². The third-order valence-corrected chi connectivity index (χ3v) is 6.59. The van der Waals surface area contributed by atoms with E-state index in [9.17, 15) is 53.5 Å². The quantitative estimate of drug-likeness (QED) is 0.380. The Balaban J connectivity index is 1.67. The van der Waals surface area contributed by atoms with Crippen LogP contribution >= 0.6 is 0 Å². The molecule has 2 amide bonds. The second-order valence-corrected chi connectivity index (χ2v) is 9.65. The lowest BCUT2D eigenvalue weighted by atomic mass is 10.1. The van der Waals surface area contributed by atoms with Gasteiger partial charge in [0.2, 0.25) is 5.91 Å². The molecule has 0 saturated carbocycles. The van der Waals surface area contributed by atoms with Crippen LogP contribution < -0.4 is 15.8 Å². The lowest BCUT2D eigenvalue weighted by Gasteiger charge is -2.21. The van der Waals surface area contributed by atoms with E-state index in [0.29, 0.717) is 16.6 Å². The molecule has 43 heavy (non-hydrogen) atoms. The summed E-state index contributed by atoms with van der Waals surface area (Å²) in [5.74, 6) is -6.14. The molecule has 1 aliphatic rings. The van der Waals surface area contributed by atoms with Crippen molar-refractivity contribution in [3.05, 3.63) is 41.7 Å². The second-order valence-electron chi connectivity index (χ2n) is 9.65. The molecule has 3 N–H and O–H groups in total.